The van der Waals surface area contributed by atoms with Crippen molar-refractivity contribution in [2.45, 2.75) is 75.6 Å². The molecule has 6 rings (SSSR count). The summed E-state index contributed by atoms with van der Waals surface area (Å²) in [7, 11) is 0. The van der Waals surface area contributed by atoms with Crippen LogP contribution < -0.4 is 5.73 Å². The van der Waals surface area contributed by atoms with Crippen molar-refractivity contribution in [2.75, 3.05) is 0 Å². The first-order chi connectivity index (χ1) is 14.3. The number of hydrogen-bond donors (Lipinski definition) is 4. The predicted octanol–water partition coefficient (Wildman–Crippen LogP) is -2.43. The smallest absolute Gasteiger partial charge is 0.343 e. The largest absolute Gasteiger partial charge is 0.458 e. The molecule has 0 aromatic heterocycles. The molecule has 4 aliphatic heterocycles. The van der Waals surface area contributed by atoms with E-state index in [4.69, 9.17) is 24.7 Å². The normalized spacial score (nSPS) is 61.0. The summed E-state index contributed by atoms with van der Waals surface area (Å²) < 4.78 is 22.5. The van der Waals surface area contributed by atoms with Crippen LogP contribution in [-0.2, 0) is 33.3 Å². The number of esters is 3. The van der Waals surface area contributed by atoms with E-state index in [2.05, 4.69) is 0 Å². The van der Waals surface area contributed by atoms with Crippen molar-refractivity contribution in [3.63, 3.8) is 0 Å². The van der Waals surface area contributed by atoms with E-state index < -0.39 is 93.9 Å². The monoisotopic (exact) mass is 439 g/mol. The second-order valence-electron chi connectivity index (χ2n) is 10.9. The standard InChI is InChI=1S/C20H25NO10/c1-5-12(24)28-11-8(22)18-10-6(21)7(16(2,3)4)17(18)9(23)13(25)30-15(17)31-20(18,14(26)29-10)19(5,11)27/h5-11,15,22-23,27H,21H2,1-4H3/t5-,6+,7?,8?,9-,10?,11?,15?,17?,18?,19-,20?/m1/s1. The van der Waals surface area contributed by atoms with Crippen LogP contribution in [0.1, 0.15) is 27.7 Å². The highest BCUT2D eigenvalue weighted by molar-refractivity contribution is 5.94. The minimum absolute atomic E-state index is 0.667. The Morgan fingerprint density at radius 3 is 2.26 bits per heavy atom. The van der Waals surface area contributed by atoms with Gasteiger partial charge in [0.05, 0.1) is 16.7 Å². The lowest BCUT2D eigenvalue weighted by molar-refractivity contribution is -0.239. The Hall–Kier alpha value is -1.79. The van der Waals surface area contributed by atoms with Crippen LogP contribution in [0.15, 0.2) is 0 Å². The summed E-state index contributed by atoms with van der Waals surface area (Å²) in [4.78, 5) is 38.4. The third kappa shape index (κ3) is 1.43. The molecule has 12 atom stereocenters. The van der Waals surface area contributed by atoms with Gasteiger partial charge < -0.3 is 40.0 Å². The number of carbonyl (C=O) groups excluding carboxylic acids is 3. The van der Waals surface area contributed by atoms with Crippen LogP contribution >= 0.6 is 0 Å². The summed E-state index contributed by atoms with van der Waals surface area (Å²) in [5.41, 5.74) is -2.28. The highest BCUT2D eigenvalue weighted by atomic mass is 16.8. The molecule has 11 heteroatoms. The zero-order chi connectivity index (χ0) is 22.7. The van der Waals surface area contributed by atoms with Gasteiger partial charge in [0.15, 0.2) is 17.8 Å². The van der Waals surface area contributed by atoms with E-state index in [-0.39, 0.29) is 0 Å². The molecule has 5 N–H and O–H groups in total. The highest BCUT2D eigenvalue weighted by Gasteiger charge is 3.04. The van der Waals surface area contributed by atoms with Gasteiger partial charge in [-0.15, -0.1) is 0 Å². The zero-order valence-electron chi connectivity index (χ0n) is 17.4. The van der Waals surface area contributed by atoms with Crippen LogP contribution in [0, 0.1) is 28.1 Å². The molecule has 0 aromatic rings. The lowest BCUT2D eigenvalue weighted by atomic mass is 9.51. The SMILES string of the molecule is C[C@@H]1C(=O)OC2C(O)C34C5OC(=O)C3(OC3OC(=O)[C@@H](O)C34C(C(C)(C)C)[C@@H]5N)[C@]21O. The summed E-state index contributed by atoms with van der Waals surface area (Å²) in [5, 5.41) is 34.8. The molecular formula is C20H25NO10. The maximum Gasteiger partial charge on any atom is 0.343 e. The average molecular weight is 439 g/mol. The quantitative estimate of drug-likeness (QED) is 0.233. The molecule has 11 nitrogen and oxygen atoms in total. The number of aliphatic hydroxyl groups is 3. The fourth-order valence-electron chi connectivity index (χ4n) is 8.41. The number of aliphatic hydroxyl groups excluding tert-OH is 2. The maximum absolute atomic E-state index is 13.4. The number of fused-ring (bicyclic) bond motifs is 1. The van der Waals surface area contributed by atoms with Crippen LogP contribution in [-0.4, -0.2) is 81.2 Å². The summed E-state index contributed by atoms with van der Waals surface area (Å²) in [6.07, 6.45) is -7.75. The lowest BCUT2D eigenvalue weighted by Gasteiger charge is -2.47. The molecule has 6 fully saturated rings. The molecule has 8 unspecified atom stereocenters. The lowest BCUT2D eigenvalue weighted by Crippen LogP contribution is -2.67. The fourth-order valence-corrected chi connectivity index (χ4v) is 8.41. The molecule has 2 saturated carbocycles. The van der Waals surface area contributed by atoms with E-state index >= 15 is 0 Å². The topological polar surface area (TPSA) is 175 Å². The van der Waals surface area contributed by atoms with E-state index in [1.807, 2.05) is 20.8 Å². The molecule has 6 aliphatic rings. The van der Waals surface area contributed by atoms with Crippen molar-refractivity contribution in [2.24, 2.45) is 33.8 Å². The van der Waals surface area contributed by atoms with E-state index in [9.17, 15) is 29.7 Å². The number of rotatable bonds is 0. The average Bonchev–Trinajstić information content (AvgIpc) is 3.35. The Labute approximate surface area is 176 Å². The molecular weight excluding hydrogens is 414 g/mol. The molecule has 4 saturated heterocycles. The molecule has 0 bridgehead atoms. The zero-order valence-corrected chi connectivity index (χ0v) is 17.4. The minimum Gasteiger partial charge on any atom is -0.458 e. The van der Waals surface area contributed by atoms with Crippen LogP contribution in [0.3, 0.4) is 0 Å². The summed E-state index contributed by atoms with van der Waals surface area (Å²) in [5.74, 6) is -4.79. The van der Waals surface area contributed by atoms with Crippen molar-refractivity contribution in [1.29, 1.82) is 0 Å². The first kappa shape index (κ1) is 19.9. The number of hydrogen-bond acceptors (Lipinski definition) is 11. The van der Waals surface area contributed by atoms with Gasteiger partial charge in [-0.3, -0.25) is 4.79 Å². The van der Waals surface area contributed by atoms with Gasteiger partial charge in [0.2, 0.25) is 11.9 Å². The van der Waals surface area contributed by atoms with Gasteiger partial charge in [-0.2, -0.15) is 0 Å². The molecule has 170 valence electrons. The van der Waals surface area contributed by atoms with E-state index in [0.717, 1.165) is 0 Å². The van der Waals surface area contributed by atoms with Crippen molar-refractivity contribution < 1.29 is 48.7 Å². The summed E-state index contributed by atoms with van der Waals surface area (Å²) in [6, 6.07) is -0.926. The Bertz CT molecular complexity index is 962. The van der Waals surface area contributed by atoms with Crippen LogP contribution in [0.4, 0.5) is 0 Å². The third-order valence-corrected chi connectivity index (χ3v) is 9.03. The van der Waals surface area contributed by atoms with Gasteiger partial charge in [0.1, 0.15) is 12.2 Å². The predicted molar refractivity (Wildman–Crippen MR) is 95.4 cm³/mol. The number of nitrogens with two attached hydrogens (primary N) is 1. The molecule has 2 aliphatic carbocycles. The second kappa shape index (κ2) is 4.91. The molecule has 0 aromatic carbocycles. The number of ether oxygens (including phenoxy) is 4. The second-order valence-corrected chi connectivity index (χ2v) is 10.9. The molecule has 2 spiro atoms. The van der Waals surface area contributed by atoms with Gasteiger partial charge in [0.25, 0.3) is 0 Å². The van der Waals surface area contributed by atoms with Gasteiger partial charge >= 0.3 is 17.9 Å². The highest BCUT2D eigenvalue weighted by Crippen LogP contribution is 2.84. The Morgan fingerprint density at radius 2 is 1.65 bits per heavy atom. The van der Waals surface area contributed by atoms with E-state index in [0.29, 0.717) is 0 Å². The van der Waals surface area contributed by atoms with E-state index in [1.54, 1.807) is 0 Å². The van der Waals surface area contributed by atoms with Crippen molar-refractivity contribution in [3.05, 3.63) is 0 Å². The molecule has 0 radical (unpaired) electrons. The molecule has 31 heavy (non-hydrogen) atoms. The third-order valence-electron chi connectivity index (χ3n) is 9.03. The molecule has 4 heterocycles. The maximum atomic E-state index is 13.4. The van der Waals surface area contributed by atoms with Gasteiger partial charge in [0, 0.05) is 6.04 Å². The first-order valence-electron chi connectivity index (χ1n) is 10.4. The van der Waals surface area contributed by atoms with Crippen LogP contribution in [0.5, 0.6) is 0 Å². The minimum atomic E-state index is -2.32. The Morgan fingerprint density at radius 1 is 1.00 bits per heavy atom. The first-order valence-corrected chi connectivity index (χ1v) is 10.4. The number of carbonyl (C=O) groups is 3. The van der Waals surface area contributed by atoms with Crippen molar-refractivity contribution in [1.82, 2.24) is 0 Å². The van der Waals surface area contributed by atoms with Crippen LogP contribution in [0.2, 0.25) is 0 Å². The Kier molecular flexibility index (Phi) is 3.15. The summed E-state index contributed by atoms with van der Waals surface area (Å²) in [6.45, 7) is 6.90. The summed E-state index contributed by atoms with van der Waals surface area (Å²) >= 11 is 0. The fraction of sp³-hybridized carbons (Fsp3) is 0.850. The van der Waals surface area contributed by atoms with Gasteiger partial charge in [-0.1, -0.05) is 20.8 Å². The Balaban J connectivity index is 1.75. The van der Waals surface area contributed by atoms with Crippen LogP contribution in [0.25, 0.3) is 0 Å². The van der Waals surface area contributed by atoms with E-state index in [1.165, 1.54) is 6.92 Å². The van der Waals surface area contributed by atoms with Crippen molar-refractivity contribution >= 4 is 17.9 Å². The van der Waals surface area contributed by atoms with Crippen molar-refractivity contribution in [3.8, 4) is 0 Å². The van der Waals surface area contributed by atoms with Gasteiger partial charge in [-0.05, 0) is 18.3 Å². The molecule has 0 amide bonds. The van der Waals surface area contributed by atoms with Gasteiger partial charge in [-0.25, -0.2) is 9.59 Å².